The molecule has 0 radical (unpaired) electrons. The minimum atomic E-state index is -0.137. The maximum atomic E-state index is 12.4. The molecule has 4 heterocycles. The zero-order valence-electron chi connectivity index (χ0n) is 13.4. The van der Waals surface area contributed by atoms with Crippen molar-refractivity contribution in [2.24, 2.45) is 0 Å². The molecule has 0 unspecified atom stereocenters. The molecule has 1 saturated heterocycles. The van der Waals surface area contributed by atoms with Crippen molar-refractivity contribution in [3.8, 4) is 5.82 Å². The van der Waals surface area contributed by atoms with E-state index in [0.29, 0.717) is 26.2 Å². The third kappa shape index (κ3) is 3.16. The SMILES string of the molecule is O=C(c1ncccn1)N1CCN(c2cc(-n3ccnc3)ncn2)CC1. The molecule has 0 atom stereocenters. The van der Waals surface area contributed by atoms with Crippen LogP contribution in [0.5, 0.6) is 0 Å². The van der Waals surface area contributed by atoms with E-state index in [4.69, 9.17) is 0 Å². The monoisotopic (exact) mass is 336 g/mol. The van der Waals surface area contributed by atoms with Gasteiger partial charge in [0.05, 0.1) is 0 Å². The molecule has 9 heteroatoms. The van der Waals surface area contributed by atoms with Crippen molar-refractivity contribution in [3.63, 3.8) is 0 Å². The van der Waals surface area contributed by atoms with Crippen molar-refractivity contribution < 1.29 is 4.79 Å². The van der Waals surface area contributed by atoms with Gasteiger partial charge in [0.25, 0.3) is 5.91 Å². The Morgan fingerprint density at radius 2 is 1.68 bits per heavy atom. The zero-order valence-corrected chi connectivity index (χ0v) is 13.4. The van der Waals surface area contributed by atoms with E-state index in [0.717, 1.165) is 11.6 Å². The number of carbonyl (C=O) groups is 1. The van der Waals surface area contributed by atoms with Crippen molar-refractivity contribution in [2.75, 3.05) is 31.1 Å². The van der Waals surface area contributed by atoms with Gasteiger partial charge >= 0.3 is 0 Å². The zero-order chi connectivity index (χ0) is 17.1. The van der Waals surface area contributed by atoms with E-state index in [1.54, 1.807) is 42.2 Å². The highest BCUT2D eigenvalue weighted by Gasteiger charge is 2.24. The Morgan fingerprint density at radius 3 is 2.40 bits per heavy atom. The average molecular weight is 336 g/mol. The van der Waals surface area contributed by atoms with Crippen LogP contribution in [0.3, 0.4) is 0 Å². The van der Waals surface area contributed by atoms with Crippen LogP contribution in [0.1, 0.15) is 10.6 Å². The molecule has 4 rings (SSSR count). The van der Waals surface area contributed by atoms with Crippen molar-refractivity contribution in [1.29, 1.82) is 0 Å². The predicted octanol–water partition coefficient (Wildman–Crippen LogP) is 0.415. The second-order valence-corrected chi connectivity index (χ2v) is 5.56. The van der Waals surface area contributed by atoms with Gasteiger partial charge in [0.2, 0.25) is 5.82 Å². The van der Waals surface area contributed by atoms with Crippen LogP contribution in [0.2, 0.25) is 0 Å². The Kier molecular flexibility index (Phi) is 4.03. The van der Waals surface area contributed by atoms with E-state index in [1.807, 2.05) is 16.8 Å². The normalized spacial score (nSPS) is 14.6. The van der Waals surface area contributed by atoms with Crippen LogP contribution in [0.15, 0.2) is 49.6 Å². The second kappa shape index (κ2) is 6.63. The molecular formula is C16H16N8O. The lowest BCUT2D eigenvalue weighted by molar-refractivity contribution is 0.0734. The molecule has 1 aliphatic heterocycles. The van der Waals surface area contributed by atoms with Gasteiger partial charge < -0.3 is 9.80 Å². The lowest BCUT2D eigenvalue weighted by Crippen LogP contribution is -2.49. The fraction of sp³-hybridized carbons (Fsp3) is 0.250. The molecule has 0 aliphatic carbocycles. The van der Waals surface area contributed by atoms with Crippen molar-refractivity contribution >= 4 is 11.7 Å². The third-order valence-electron chi connectivity index (χ3n) is 4.06. The van der Waals surface area contributed by atoms with E-state index in [1.165, 1.54) is 0 Å². The highest BCUT2D eigenvalue weighted by atomic mass is 16.2. The van der Waals surface area contributed by atoms with Crippen LogP contribution >= 0.6 is 0 Å². The van der Waals surface area contributed by atoms with E-state index in [-0.39, 0.29) is 11.7 Å². The first-order valence-electron chi connectivity index (χ1n) is 7.93. The maximum Gasteiger partial charge on any atom is 0.291 e. The van der Waals surface area contributed by atoms with Crippen molar-refractivity contribution in [2.45, 2.75) is 0 Å². The lowest BCUT2D eigenvalue weighted by Gasteiger charge is -2.35. The Labute approximate surface area is 144 Å². The number of aromatic nitrogens is 6. The molecule has 1 amide bonds. The smallest absolute Gasteiger partial charge is 0.291 e. The largest absolute Gasteiger partial charge is 0.353 e. The van der Waals surface area contributed by atoms with Gasteiger partial charge in [-0.3, -0.25) is 9.36 Å². The van der Waals surface area contributed by atoms with E-state index in [9.17, 15) is 4.79 Å². The summed E-state index contributed by atoms with van der Waals surface area (Å²) in [7, 11) is 0. The molecule has 126 valence electrons. The van der Waals surface area contributed by atoms with E-state index >= 15 is 0 Å². The van der Waals surface area contributed by atoms with E-state index < -0.39 is 0 Å². The fourth-order valence-electron chi connectivity index (χ4n) is 2.74. The summed E-state index contributed by atoms with van der Waals surface area (Å²) in [6.45, 7) is 2.58. The van der Waals surface area contributed by atoms with Gasteiger partial charge in [-0.1, -0.05) is 0 Å². The number of rotatable bonds is 3. The summed E-state index contributed by atoms with van der Waals surface area (Å²) in [6.07, 6.45) is 9.94. The topological polar surface area (TPSA) is 92.9 Å². The summed E-state index contributed by atoms with van der Waals surface area (Å²) in [4.78, 5) is 37.0. The minimum Gasteiger partial charge on any atom is -0.353 e. The number of hydrogen-bond donors (Lipinski definition) is 0. The number of hydrogen-bond acceptors (Lipinski definition) is 7. The molecule has 3 aromatic heterocycles. The third-order valence-corrected chi connectivity index (χ3v) is 4.06. The van der Waals surface area contributed by atoms with Gasteiger partial charge in [-0.25, -0.2) is 24.9 Å². The van der Waals surface area contributed by atoms with Crippen molar-refractivity contribution in [3.05, 3.63) is 55.4 Å². The fourth-order valence-corrected chi connectivity index (χ4v) is 2.74. The Morgan fingerprint density at radius 1 is 0.920 bits per heavy atom. The molecule has 0 N–H and O–H groups in total. The molecule has 0 spiro atoms. The van der Waals surface area contributed by atoms with Gasteiger partial charge in [-0.2, -0.15) is 0 Å². The number of anilines is 1. The van der Waals surface area contributed by atoms with Crippen LogP contribution < -0.4 is 4.90 Å². The number of nitrogens with zero attached hydrogens (tertiary/aromatic N) is 8. The number of amides is 1. The quantitative estimate of drug-likeness (QED) is 0.684. The standard InChI is InChI=1S/C16H16N8O/c25-16(15-18-2-1-3-19-15)23-8-6-22(7-9-23)13-10-14(21-11-20-13)24-5-4-17-12-24/h1-5,10-12H,6-9H2. The highest BCUT2D eigenvalue weighted by molar-refractivity contribution is 5.90. The Bertz CT molecular complexity index is 844. The van der Waals surface area contributed by atoms with Gasteiger partial charge in [-0.15, -0.1) is 0 Å². The van der Waals surface area contributed by atoms with Crippen LogP contribution in [0.4, 0.5) is 5.82 Å². The summed E-state index contributed by atoms with van der Waals surface area (Å²) in [5, 5.41) is 0. The Hall–Kier alpha value is -3.36. The molecule has 25 heavy (non-hydrogen) atoms. The molecule has 0 bridgehead atoms. The summed E-state index contributed by atoms with van der Waals surface area (Å²) < 4.78 is 1.83. The number of piperazine rings is 1. The molecule has 3 aromatic rings. The van der Waals surface area contributed by atoms with Gasteiger partial charge in [0.15, 0.2) is 0 Å². The van der Waals surface area contributed by atoms with Crippen LogP contribution in [0, 0.1) is 0 Å². The van der Waals surface area contributed by atoms with Crippen LogP contribution in [-0.2, 0) is 0 Å². The predicted molar refractivity (Wildman–Crippen MR) is 89.3 cm³/mol. The summed E-state index contributed by atoms with van der Waals surface area (Å²) in [5.74, 6) is 1.70. The summed E-state index contributed by atoms with van der Waals surface area (Å²) in [5.41, 5.74) is 0. The molecule has 1 fully saturated rings. The first kappa shape index (κ1) is 15.2. The average Bonchev–Trinajstić information content (AvgIpc) is 3.23. The summed E-state index contributed by atoms with van der Waals surface area (Å²) >= 11 is 0. The molecular weight excluding hydrogens is 320 g/mol. The van der Waals surface area contributed by atoms with Gasteiger partial charge in [0, 0.05) is 57.0 Å². The molecule has 9 nitrogen and oxygen atoms in total. The first-order chi connectivity index (χ1) is 12.3. The maximum absolute atomic E-state index is 12.4. The Balaban J connectivity index is 1.44. The van der Waals surface area contributed by atoms with E-state index in [2.05, 4.69) is 29.8 Å². The minimum absolute atomic E-state index is 0.137. The molecule has 1 aliphatic rings. The van der Waals surface area contributed by atoms with Crippen LogP contribution in [0.25, 0.3) is 5.82 Å². The van der Waals surface area contributed by atoms with Crippen molar-refractivity contribution in [1.82, 2.24) is 34.4 Å². The number of carbonyl (C=O) groups excluding carboxylic acids is 1. The van der Waals surface area contributed by atoms with Gasteiger partial charge in [-0.05, 0) is 6.07 Å². The lowest BCUT2D eigenvalue weighted by atomic mass is 10.3. The molecule has 0 saturated carbocycles. The second-order valence-electron chi connectivity index (χ2n) is 5.56. The summed E-state index contributed by atoms with van der Waals surface area (Å²) in [6, 6.07) is 3.61. The first-order valence-corrected chi connectivity index (χ1v) is 7.93. The van der Waals surface area contributed by atoms with Crippen LogP contribution in [-0.4, -0.2) is 66.5 Å². The number of imidazole rings is 1. The van der Waals surface area contributed by atoms with Gasteiger partial charge in [0.1, 0.15) is 24.3 Å². The molecule has 0 aromatic carbocycles. The highest BCUT2D eigenvalue weighted by Crippen LogP contribution is 2.16.